The second-order valence-corrected chi connectivity index (χ2v) is 12.9. The molecule has 1 amide bonds. The fourth-order valence-corrected chi connectivity index (χ4v) is 6.85. The Labute approximate surface area is 232 Å². The SMILES string of the molecule is CCOc1cncc(-c2cnc(C(=O)N[C@H](CC3CCCCN3C)c3cc(NS(=O)(=O)C4CC4)ccn3)s2)n1. The Kier molecular flexibility index (Phi) is 8.38. The molecule has 11 nitrogen and oxygen atoms in total. The van der Waals surface area contributed by atoms with Crippen LogP contribution in [-0.2, 0) is 10.0 Å². The Morgan fingerprint density at radius 1 is 1.21 bits per heavy atom. The lowest BCUT2D eigenvalue weighted by Crippen LogP contribution is -2.40. The molecule has 2 atom stereocenters. The summed E-state index contributed by atoms with van der Waals surface area (Å²) in [6.45, 7) is 3.35. The maximum atomic E-state index is 13.4. The molecule has 1 aliphatic heterocycles. The zero-order valence-corrected chi connectivity index (χ0v) is 23.7. The zero-order chi connectivity index (χ0) is 27.4. The number of piperidine rings is 1. The fraction of sp³-hybridized carbons (Fsp3) is 0.500. The number of aromatic nitrogens is 4. The number of carbonyl (C=O) groups excluding carboxylic acids is 1. The third kappa shape index (κ3) is 6.89. The van der Waals surface area contributed by atoms with Crippen LogP contribution in [0.1, 0.15) is 67.0 Å². The van der Waals surface area contributed by atoms with Crippen LogP contribution >= 0.6 is 11.3 Å². The molecule has 1 unspecified atom stereocenters. The molecule has 1 saturated heterocycles. The van der Waals surface area contributed by atoms with Crippen molar-refractivity contribution in [3.05, 3.63) is 47.6 Å². The molecule has 2 N–H and O–H groups in total. The number of anilines is 1. The molecule has 4 heterocycles. The number of pyridine rings is 1. The minimum absolute atomic E-state index is 0.265. The molecule has 13 heteroatoms. The highest BCUT2D eigenvalue weighted by atomic mass is 32.2. The van der Waals surface area contributed by atoms with E-state index >= 15 is 0 Å². The van der Waals surface area contributed by atoms with Crippen molar-refractivity contribution in [2.75, 3.05) is 24.9 Å². The second-order valence-electron chi connectivity index (χ2n) is 9.91. The highest BCUT2D eigenvalue weighted by Gasteiger charge is 2.36. The standard InChI is InChI=1S/C26H33N7O4S2/c1-3-37-24-16-27-14-22(30-24)23-15-29-26(38-23)25(34)31-21(13-18-6-4-5-11-33(18)2)20-12-17(9-10-28-20)32-39(35,36)19-7-8-19/h9-10,12,14-16,18-19,21H,3-8,11,13H2,1-2H3,(H,28,32)(H,31,34)/t18?,21-/m1/s1. The Morgan fingerprint density at radius 2 is 2.05 bits per heavy atom. The van der Waals surface area contributed by atoms with E-state index in [1.165, 1.54) is 11.3 Å². The monoisotopic (exact) mass is 571 g/mol. The molecule has 208 valence electrons. The molecular formula is C26H33N7O4S2. The number of hydrogen-bond donors (Lipinski definition) is 2. The molecule has 3 aromatic rings. The first-order valence-corrected chi connectivity index (χ1v) is 15.6. The zero-order valence-electron chi connectivity index (χ0n) is 22.0. The number of thiazole rings is 1. The Morgan fingerprint density at radius 3 is 2.82 bits per heavy atom. The predicted molar refractivity (Wildman–Crippen MR) is 149 cm³/mol. The largest absolute Gasteiger partial charge is 0.477 e. The molecule has 0 bridgehead atoms. The van der Waals surface area contributed by atoms with Gasteiger partial charge in [-0.25, -0.2) is 18.4 Å². The summed E-state index contributed by atoms with van der Waals surface area (Å²) in [5, 5.41) is 3.08. The molecule has 5 rings (SSSR count). The molecule has 1 aliphatic carbocycles. The van der Waals surface area contributed by atoms with Crippen LogP contribution in [0.3, 0.4) is 0 Å². The molecular weight excluding hydrogens is 538 g/mol. The van der Waals surface area contributed by atoms with Crippen LogP contribution in [0.2, 0.25) is 0 Å². The van der Waals surface area contributed by atoms with Gasteiger partial charge in [0.25, 0.3) is 5.91 Å². The number of nitrogens with zero attached hydrogens (tertiary/aromatic N) is 5. The molecule has 0 spiro atoms. The molecule has 0 radical (unpaired) electrons. The van der Waals surface area contributed by atoms with Gasteiger partial charge in [0, 0.05) is 18.4 Å². The number of nitrogens with one attached hydrogen (secondary N) is 2. The van der Waals surface area contributed by atoms with Gasteiger partial charge in [0.2, 0.25) is 15.9 Å². The van der Waals surface area contributed by atoms with E-state index in [1.807, 2.05) is 6.92 Å². The number of sulfonamides is 1. The van der Waals surface area contributed by atoms with E-state index < -0.39 is 16.1 Å². The van der Waals surface area contributed by atoms with Gasteiger partial charge in [-0.15, -0.1) is 11.3 Å². The maximum Gasteiger partial charge on any atom is 0.280 e. The molecule has 1 saturated carbocycles. The van der Waals surface area contributed by atoms with Crippen molar-refractivity contribution < 1.29 is 17.9 Å². The molecule has 39 heavy (non-hydrogen) atoms. The van der Waals surface area contributed by atoms with Crippen molar-refractivity contribution >= 4 is 33.0 Å². The van der Waals surface area contributed by atoms with Crippen molar-refractivity contribution in [3.63, 3.8) is 0 Å². The summed E-state index contributed by atoms with van der Waals surface area (Å²) in [4.78, 5) is 33.9. The number of likely N-dealkylation sites (tertiary alicyclic amines) is 1. The summed E-state index contributed by atoms with van der Waals surface area (Å²) < 4.78 is 33.1. The summed E-state index contributed by atoms with van der Waals surface area (Å²) in [5.41, 5.74) is 1.63. The van der Waals surface area contributed by atoms with E-state index in [9.17, 15) is 13.2 Å². The Balaban J connectivity index is 1.36. The van der Waals surface area contributed by atoms with Gasteiger partial charge in [0.1, 0.15) is 5.69 Å². The smallest absolute Gasteiger partial charge is 0.280 e. The molecule has 2 fully saturated rings. The molecule has 0 aromatic carbocycles. The van der Waals surface area contributed by atoms with Gasteiger partial charge in [-0.05, 0) is 64.8 Å². The average molecular weight is 572 g/mol. The van der Waals surface area contributed by atoms with Crippen LogP contribution in [0, 0.1) is 0 Å². The minimum Gasteiger partial charge on any atom is -0.477 e. The fourth-order valence-electron chi connectivity index (χ4n) is 4.70. The number of rotatable bonds is 11. The van der Waals surface area contributed by atoms with Gasteiger partial charge in [-0.2, -0.15) is 0 Å². The molecule has 2 aliphatic rings. The van der Waals surface area contributed by atoms with E-state index in [0.717, 1.165) is 25.8 Å². The first-order chi connectivity index (χ1) is 18.8. The number of ether oxygens (including phenoxy) is 1. The molecule has 3 aromatic heterocycles. The Hall–Kier alpha value is -3.16. The summed E-state index contributed by atoms with van der Waals surface area (Å²) >= 11 is 1.22. The predicted octanol–water partition coefficient (Wildman–Crippen LogP) is 3.64. The lowest BCUT2D eigenvalue weighted by molar-refractivity contribution is 0.0915. The van der Waals surface area contributed by atoms with Crippen molar-refractivity contribution in [1.29, 1.82) is 0 Å². The Bertz CT molecular complexity index is 1410. The van der Waals surface area contributed by atoms with Crippen LogP contribution in [0.5, 0.6) is 5.88 Å². The van der Waals surface area contributed by atoms with E-state index in [-0.39, 0.29) is 17.2 Å². The number of carbonyl (C=O) groups is 1. The van der Waals surface area contributed by atoms with Crippen molar-refractivity contribution in [2.24, 2.45) is 0 Å². The van der Waals surface area contributed by atoms with Gasteiger partial charge in [-0.1, -0.05) is 6.42 Å². The summed E-state index contributed by atoms with van der Waals surface area (Å²) in [6, 6.07) is 3.19. The van der Waals surface area contributed by atoms with Gasteiger partial charge >= 0.3 is 0 Å². The van der Waals surface area contributed by atoms with Crippen LogP contribution in [0.4, 0.5) is 5.69 Å². The summed E-state index contributed by atoms with van der Waals surface area (Å²) in [7, 11) is -1.32. The van der Waals surface area contributed by atoms with E-state index in [0.29, 0.717) is 58.7 Å². The van der Waals surface area contributed by atoms with Gasteiger partial charge < -0.3 is 15.0 Å². The van der Waals surface area contributed by atoms with Crippen molar-refractivity contribution in [2.45, 2.75) is 62.8 Å². The highest BCUT2D eigenvalue weighted by molar-refractivity contribution is 7.93. The van der Waals surface area contributed by atoms with Gasteiger partial charge in [0.05, 0.1) is 46.6 Å². The van der Waals surface area contributed by atoms with E-state index in [1.54, 1.807) is 36.9 Å². The number of hydrogen-bond acceptors (Lipinski definition) is 10. The first kappa shape index (κ1) is 27.4. The average Bonchev–Trinajstić information content (AvgIpc) is 3.68. The van der Waals surface area contributed by atoms with Crippen molar-refractivity contribution in [1.82, 2.24) is 30.2 Å². The highest BCUT2D eigenvalue weighted by Crippen LogP contribution is 2.32. The second kappa shape index (κ2) is 11.9. The lowest BCUT2D eigenvalue weighted by atomic mass is 9.94. The van der Waals surface area contributed by atoms with E-state index in [4.69, 9.17) is 4.74 Å². The van der Waals surface area contributed by atoms with Crippen LogP contribution in [0.25, 0.3) is 10.6 Å². The topological polar surface area (TPSA) is 139 Å². The van der Waals surface area contributed by atoms with Crippen LogP contribution < -0.4 is 14.8 Å². The summed E-state index contributed by atoms with van der Waals surface area (Å²) in [6.07, 6.45) is 11.6. The summed E-state index contributed by atoms with van der Waals surface area (Å²) in [5.74, 6) is 0.0868. The van der Waals surface area contributed by atoms with Crippen LogP contribution in [0.15, 0.2) is 36.9 Å². The van der Waals surface area contributed by atoms with Gasteiger partial charge in [-0.3, -0.25) is 19.5 Å². The van der Waals surface area contributed by atoms with Crippen molar-refractivity contribution in [3.8, 4) is 16.5 Å². The third-order valence-electron chi connectivity index (χ3n) is 6.95. The van der Waals surface area contributed by atoms with E-state index in [2.05, 4.69) is 41.9 Å². The van der Waals surface area contributed by atoms with Crippen LogP contribution in [-0.4, -0.2) is 70.7 Å². The quantitative estimate of drug-likeness (QED) is 0.353. The third-order valence-corrected chi connectivity index (χ3v) is 9.84. The first-order valence-electron chi connectivity index (χ1n) is 13.2. The van der Waals surface area contributed by atoms with Gasteiger partial charge in [0.15, 0.2) is 5.01 Å². The maximum absolute atomic E-state index is 13.4. The minimum atomic E-state index is -3.42. The lowest BCUT2D eigenvalue weighted by Gasteiger charge is -2.35. The number of amides is 1. The normalized spacial score (nSPS) is 18.9.